The highest BCUT2D eigenvalue weighted by Gasteiger charge is 2.24. The Morgan fingerprint density at radius 3 is 3.09 bits per heavy atom. The van der Waals surface area contributed by atoms with Crippen LogP contribution in [0.25, 0.3) is 5.69 Å². The summed E-state index contributed by atoms with van der Waals surface area (Å²) < 4.78 is 2.72. The fraction of sp³-hybridized carbons (Fsp3) is 0.375. The van der Waals surface area contributed by atoms with E-state index in [9.17, 15) is 4.79 Å². The minimum atomic E-state index is 0.0567. The predicted octanol–water partition coefficient (Wildman–Crippen LogP) is 2.46. The van der Waals surface area contributed by atoms with Gasteiger partial charge < -0.3 is 10.2 Å². The van der Waals surface area contributed by atoms with Crippen LogP contribution in [-0.4, -0.2) is 46.8 Å². The summed E-state index contributed by atoms with van der Waals surface area (Å²) in [6, 6.07) is 8.23. The van der Waals surface area contributed by atoms with Crippen LogP contribution in [0.4, 0.5) is 0 Å². The number of halogens is 1. The number of aromatic nitrogens is 2. The van der Waals surface area contributed by atoms with E-state index in [1.165, 1.54) is 0 Å². The van der Waals surface area contributed by atoms with E-state index in [1.807, 2.05) is 36.2 Å². The number of carbonyl (C=O) groups is 1. The highest BCUT2D eigenvalue weighted by atomic mass is 79.9. The minimum Gasteiger partial charge on any atom is -0.337 e. The number of benzene rings is 1. The molecule has 2 aromatic rings. The van der Waals surface area contributed by atoms with E-state index >= 15 is 0 Å². The molecule has 1 unspecified atom stereocenters. The molecule has 1 aromatic heterocycles. The van der Waals surface area contributed by atoms with E-state index < -0.39 is 0 Å². The number of carbonyl (C=O) groups excluding carboxylic acids is 1. The van der Waals surface area contributed by atoms with Crippen molar-refractivity contribution in [1.29, 1.82) is 0 Å². The van der Waals surface area contributed by atoms with Crippen molar-refractivity contribution < 1.29 is 4.79 Å². The second-order valence-electron chi connectivity index (χ2n) is 5.53. The molecule has 1 aliphatic rings. The fourth-order valence-electron chi connectivity index (χ4n) is 2.77. The number of likely N-dealkylation sites (tertiary alicyclic amines) is 1. The Balaban J connectivity index is 1.77. The lowest BCUT2D eigenvalue weighted by Crippen LogP contribution is -2.46. The molecular weight excluding hydrogens is 344 g/mol. The van der Waals surface area contributed by atoms with E-state index in [-0.39, 0.29) is 5.91 Å². The second kappa shape index (κ2) is 6.62. The first-order chi connectivity index (χ1) is 10.7. The molecule has 0 aliphatic carbocycles. The average molecular weight is 363 g/mol. The van der Waals surface area contributed by atoms with Gasteiger partial charge in [-0.05, 0) is 38.1 Å². The van der Waals surface area contributed by atoms with E-state index in [4.69, 9.17) is 0 Å². The van der Waals surface area contributed by atoms with E-state index in [0.717, 1.165) is 36.1 Å². The Labute approximate surface area is 138 Å². The van der Waals surface area contributed by atoms with Crippen LogP contribution in [-0.2, 0) is 0 Å². The van der Waals surface area contributed by atoms with Gasteiger partial charge in [0.15, 0.2) is 0 Å². The molecule has 1 amide bonds. The molecule has 0 spiro atoms. The highest BCUT2D eigenvalue weighted by molar-refractivity contribution is 9.10. The number of nitrogens with zero attached hydrogens (tertiary/aromatic N) is 3. The number of rotatable bonds is 3. The van der Waals surface area contributed by atoms with Crippen LogP contribution in [0, 0.1) is 0 Å². The van der Waals surface area contributed by atoms with Gasteiger partial charge in [0.1, 0.15) is 0 Å². The van der Waals surface area contributed by atoms with Crippen molar-refractivity contribution in [3.8, 4) is 5.69 Å². The fourth-order valence-corrected chi connectivity index (χ4v) is 3.16. The Morgan fingerprint density at radius 1 is 1.45 bits per heavy atom. The van der Waals surface area contributed by atoms with Gasteiger partial charge in [-0.25, -0.2) is 4.68 Å². The normalized spacial score (nSPS) is 18.5. The molecule has 0 radical (unpaired) electrons. The van der Waals surface area contributed by atoms with Gasteiger partial charge >= 0.3 is 0 Å². The second-order valence-corrected chi connectivity index (χ2v) is 6.45. The lowest BCUT2D eigenvalue weighted by atomic mass is 10.1. The average Bonchev–Trinajstić information content (AvgIpc) is 3.04. The summed E-state index contributed by atoms with van der Waals surface area (Å²) in [5.74, 6) is 0.0567. The van der Waals surface area contributed by atoms with E-state index in [2.05, 4.69) is 26.3 Å². The van der Waals surface area contributed by atoms with Crippen molar-refractivity contribution in [2.75, 3.05) is 20.1 Å². The van der Waals surface area contributed by atoms with Crippen LogP contribution < -0.4 is 5.32 Å². The first-order valence-corrected chi connectivity index (χ1v) is 8.24. The van der Waals surface area contributed by atoms with Crippen molar-refractivity contribution in [3.05, 3.63) is 46.7 Å². The molecule has 3 rings (SSSR count). The zero-order chi connectivity index (χ0) is 15.5. The smallest absolute Gasteiger partial charge is 0.257 e. The van der Waals surface area contributed by atoms with Gasteiger partial charge in [0, 0.05) is 29.8 Å². The van der Waals surface area contributed by atoms with Crippen molar-refractivity contribution in [2.45, 2.75) is 18.9 Å². The third-order valence-electron chi connectivity index (χ3n) is 4.02. The van der Waals surface area contributed by atoms with Gasteiger partial charge in [0.2, 0.25) is 0 Å². The topological polar surface area (TPSA) is 50.2 Å². The Kier molecular flexibility index (Phi) is 4.59. The molecule has 0 saturated carbocycles. The maximum atomic E-state index is 12.6. The maximum absolute atomic E-state index is 12.6. The number of nitrogens with one attached hydrogen (secondary N) is 1. The van der Waals surface area contributed by atoms with E-state index in [1.54, 1.807) is 17.1 Å². The van der Waals surface area contributed by atoms with Crippen molar-refractivity contribution in [3.63, 3.8) is 0 Å². The molecule has 1 atom stereocenters. The summed E-state index contributed by atoms with van der Waals surface area (Å²) in [6.45, 7) is 1.58. The summed E-state index contributed by atoms with van der Waals surface area (Å²) in [5.41, 5.74) is 1.57. The number of hydrogen-bond donors (Lipinski definition) is 1. The van der Waals surface area contributed by atoms with Crippen LogP contribution >= 0.6 is 15.9 Å². The molecule has 6 heteroatoms. The van der Waals surface area contributed by atoms with Crippen molar-refractivity contribution >= 4 is 21.8 Å². The Morgan fingerprint density at radius 2 is 2.32 bits per heavy atom. The summed E-state index contributed by atoms with van der Waals surface area (Å²) in [5, 5.41) is 7.57. The molecule has 1 aromatic carbocycles. The Hall–Kier alpha value is -1.66. The minimum absolute atomic E-state index is 0.0567. The lowest BCUT2D eigenvalue weighted by Gasteiger charge is -2.32. The molecule has 5 nitrogen and oxygen atoms in total. The van der Waals surface area contributed by atoms with Crippen molar-refractivity contribution in [2.24, 2.45) is 0 Å². The van der Waals surface area contributed by atoms with Crippen LogP contribution in [0.15, 0.2) is 41.1 Å². The first kappa shape index (κ1) is 15.2. The zero-order valence-corrected chi connectivity index (χ0v) is 14.1. The summed E-state index contributed by atoms with van der Waals surface area (Å²) in [7, 11) is 1.95. The molecule has 1 fully saturated rings. The van der Waals surface area contributed by atoms with Crippen molar-refractivity contribution in [1.82, 2.24) is 20.0 Å². The molecule has 1 N–H and O–H groups in total. The zero-order valence-electron chi connectivity index (χ0n) is 12.5. The Bertz CT molecular complexity index is 670. The first-order valence-electron chi connectivity index (χ1n) is 7.44. The number of amides is 1. The van der Waals surface area contributed by atoms with Gasteiger partial charge in [-0.1, -0.05) is 22.0 Å². The van der Waals surface area contributed by atoms with Gasteiger partial charge in [-0.2, -0.15) is 5.10 Å². The predicted molar refractivity (Wildman–Crippen MR) is 89.2 cm³/mol. The van der Waals surface area contributed by atoms with Crippen LogP contribution in [0.3, 0.4) is 0 Å². The summed E-state index contributed by atoms with van der Waals surface area (Å²) in [4.78, 5) is 14.5. The number of likely N-dealkylation sites (N-methyl/N-ethyl adjacent to an activating group) is 1. The maximum Gasteiger partial charge on any atom is 0.257 e. The highest BCUT2D eigenvalue weighted by Crippen LogP contribution is 2.17. The SMILES string of the molecule is CNC1CCCN(C(=O)c2cnn(-c3cccc(Br)c3)c2)C1. The lowest BCUT2D eigenvalue weighted by molar-refractivity contribution is 0.0698. The van der Waals surface area contributed by atoms with Gasteiger partial charge in [-0.3, -0.25) is 4.79 Å². The summed E-state index contributed by atoms with van der Waals surface area (Å²) in [6.07, 6.45) is 5.61. The number of hydrogen-bond acceptors (Lipinski definition) is 3. The number of piperidine rings is 1. The van der Waals surface area contributed by atoms with Crippen LogP contribution in [0.1, 0.15) is 23.2 Å². The van der Waals surface area contributed by atoms with Gasteiger partial charge in [0.25, 0.3) is 5.91 Å². The molecule has 2 heterocycles. The summed E-state index contributed by atoms with van der Waals surface area (Å²) >= 11 is 3.45. The van der Waals surface area contributed by atoms with Gasteiger partial charge in [-0.15, -0.1) is 0 Å². The molecular formula is C16H19BrN4O. The van der Waals surface area contributed by atoms with Crippen LogP contribution in [0.5, 0.6) is 0 Å². The molecule has 1 saturated heterocycles. The van der Waals surface area contributed by atoms with Crippen LogP contribution in [0.2, 0.25) is 0 Å². The van der Waals surface area contributed by atoms with E-state index in [0.29, 0.717) is 11.6 Å². The monoisotopic (exact) mass is 362 g/mol. The van der Waals surface area contributed by atoms with Gasteiger partial charge in [0.05, 0.1) is 17.4 Å². The molecule has 22 heavy (non-hydrogen) atoms. The largest absolute Gasteiger partial charge is 0.337 e. The quantitative estimate of drug-likeness (QED) is 0.912. The standard InChI is InChI=1S/C16H19BrN4O/c1-18-14-5-3-7-20(11-14)16(22)12-9-19-21(10-12)15-6-2-4-13(17)8-15/h2,4,6,8-10,14,18H,3,5,7,11H2,1H3. The molecule has 0 bridgehead atoms. The third-order valence-corrected chi connectivity index (χ3v) is 4.51. The third kappa shape index (κ3) is 3.23. The molecule has 116 valence electrons. The molecule has 1 aliphatic heterocycles.